The van der Waals surface area contributed by atoms with Gasteiger partial charge in [0.1, 0.15) is 17.3 Å². The minimum atomic E-state index is -0.384. The first-order chi connectivity index (χ1) is 16.9. The topological polar surface area (TPSA) is 67.9 Å². The van der Waals surface area contributed by atoms with E-state index in [9.17, 15) is 14.0 Å². The number of benzene rings is 3. The smallest absolute Gasteiger partial charge is 0.270 e. The third-order valence-electron chi connectivity index (χ3n) is 4.88. The van der Waals surface area contributed by atoms with Crippen molar-refractivity contribution in [2.75, 3.05) is 23.4 Å². The Labute approximate surface area is 211 Å². The van der Waals surface area contributed by atoms with Crippen LogP contribution in [0.2, 0.25) is 0 Å². The largest absolute Gasteiger partial charge is 0.494 e. The number of carbonyl (C=O) groups excluding carboxylic acids is 2. The van der Waals surface area contributed by atoms with Gasteiger partial charge in [-0.25, -0.2) is 4.39 Å². The molecule has 0 aromatic heterocycles. The fourth-order valence-corrected chi connectivity index (χ4v) is 4.54. The van der Waals surface area contributed by atoms with Crippen LogP contribution in [-0.4, -0.2) is 29.3 Å². The van der Waals surface area contributed by atoms with E-state index in [-0.39, 0.29) is 24.2 Å². The number of hydrogen-bond acceptors (Lipinski definition) is 6. The molecule has 1 N–H and O–H groups in total. The van der Waals surface area contributed by atoms with Crippen LogP contribution in [0.3, 0.4) is 0 Å². The lowest BCUT2D eigenvalue weighted by Gasteiger charge is -2.14. The molecule has 6 nitrogen and oxygen atoms in total. The molecule has 0 spiro atoms. The molecule has 1 saturated heterocycles. The molecule has 0 unspecified atom stereocenters. The van der Waals surface area contributed by atoms with Crippen molar-refractivity contribution in [1.29, 1.82) is 0 Å². The molecule has 1 aliphatic rings. The van der Waals surface area contributed by atoms with Crippen LogP contribution in [0, 0.1) is 5.82 Å². The van der Waals surface area contributed by atoms with Crippen molar-refractivity contribution in [2.24, 2.45) is 0 Å². The van der Waals surface area contributed by atoms with Gasteiger partial charge in [0.25, 0.3) is 11.8 Å². The summed E-state index contributed by atoms with van der Waals surface area (Å²) in [6, 6.07) is 19.7. The molecule has 0 aliphatic carbocycles. The highest BCUT2D eigenvalue weighted by atomic mass is 32.2. The van der Waals surface area contributed by atoms with E-state index >= 15 is 0 Å². The molecule has 2 amide bonds. The first-order valence-corrected chi connectivity index (χ1v) is 11.9. The van der Waals surface area contributed by atoms with Crippen molar-refractivity contribution < 1.29 is 23.5 Å². The molecular weight excluding hydrogens is 487 g/mol. The van der Waals surface area contributed by atoms with Crippen LogP contribution in [0.5, 0.6) is 11.5 Å². The van der Waals surface area contributed by atoms with Crippen molar-refractivity contribution in [2.45, 2.75) is 6.92 Å². The van der Waals surface area contributed by atoms with E-state index in [2.05, 4.69) is 5.32 Å². The lowest BCUT2D eigenvalue weighted by Crippen LogP contribution is -2.27. The van der Waals surface area contributed by atoms with Gasteiger partial charge in [0.05, 0.1) is 17.2 Å². The number of thioether (sulfide) groups is 1. The third kappa shape index (κ3) is 6.26. The predicted molar refractivity (Wildman–Crippen MR) is 140 cm³/mol. The molecule has 0 bridgehead atoms. The van der Waals surface area contributed by atoms with Gasteiger partial charge in [-0.2, -0.15) is 0 Å². The van der Waals surface area contributed by atoms with E-state index in [1.54, 1.807) is 54.6 Å². The second kappa shape index (κ2) is 11.2. The highest BCUT2D eigenvalue weighted by molar-refractivity contribution is 8.27. The van der Waals surface area contributed by atoms with E-state index < -0.39 is 0 Å². The van der Waals surface area contributed by atoms with Crippen molar-refractivity contribution >= 4 is 57.6 Å². The summed E-state index contributed by atoms with van der Waals surface area (Å²) in [4.78, 5) is 26.8. The quantitative estimate of drug-likeness (QED) is 0.313. The Hall–Kier alpha value is -3.69. The van der Waals surface area contributed by atoms with Crippen molar-refractivity contribution in [3.63, 3.8) is 0 Å². The van der Waals surface area contributed by atoms with Crippen molar-refractivity contribution in [1.82, 2.24) is 0 Å². The first kappa shape index (κ1) is 24.4. The molecule has 0 radical (unpaired) electrons. The van der Waals surface area contributed by atoms with Gasteiger partial charge >= 0.3 is 0 Å². The zero-order valence-electron chi connectivity index (χ0n) is 18.7. The molecule has 4 rings (SSSR count). The standard InChI is InChI=1S/C26H21FN2O4S2/c1-2-32-21-13-7-19(8-14-21)28-24(30)16-33-22-11-3-17(4-12-22)15-23-25(31)29(26(34)35-23)20-9-5-18(27)6-10-20/h3-15H,2,16H2,1H3,(H,28,30)/b23-15-. The SMILES string of the molecule is CCOc1ccc(NC(=O)COc2ccc(/C=C3\SC(=S)N(c4ccc(F)cc4)C3=O)cc2)cc1. The second-order valence-electron chi connectivity index (χ2n) is 7.36. The minimum absolute atomic E-state index is 0.150. The summed E-state index contributed by atoms with van der Waals surface area (Å²) >= 11 is 6.52. The zero-order chi connectivity index (χ0) is 24.8. The predicted octanol–water partition coefficient (Wildman–Crippen LogP) is 5.65. The van der Waals surface area contributed by atoms with Crippen LogP contribution in [0.1, 0.15) is 12.5 Å². The van der Waals surface area contributed by atoms with E-state index in [0.717, 1.165) is 11.3 Å². The maximum absolute atomic E-state index is 13.2. The molecule has 1 fully saturated rings. The molecule has 178 valence electrons. The number of hydrogen-bond donors (Lipinski definition) is 1. The van der Waals surface area contributed by atoms with Gasteiger partial charge in [-0.05, 0) is 79.2 Å². The average molecular weight is 509 g/mol. The number of nitrogens with zero attached hydrogens (tertiary/aromatic N) is 1. The number of halogens is 1. The van der Waals surface area contributed by atoms with E-state index in [4.69, 9.17) is 21.7 Å². The molecule has 9 heteroatoms. The number of thiocarbonyl (C=S) groups is 1. The lowest BCUT2D eigenvalue weighted by molar-refractivity contribution is -0.118. The molecule has 1 heterocycles. The van der Waals surface area contributed by atoms with Crippen LogP contribution >= 0.6 is 24.0 Å². The Kier molecular flexibility index (Phi) is 7.79. The van der Waals surface area contributed by atoms with Crippen LogP contribution in [0.25, 0.3) is 6.08 Å². The Balaban J connectivity index is 1.33. The summed E-state index contributed by atoms with van der Waals surface area (Å²) in [7, 11) is 0. The summed E-state index contributed by atoms with van der Waals surface area (Å²) in [6.45, 7) is 2.33. The van der Waals surface area contributed by atoms with Gasteiger partial charge in [-0.1, -0.05) is 36.1 Å². The number of amides is 2. The summed E-state index contributed by atoms with van der Waals surface area (Å²) in [6.07, 6.45) is 1.73. The van der Waals surface area contributed by atoms with Crippen LogP contribution in [0.15, 0.2) is 77.7 Å². The second-order valence-corrected chi connectivity index (χ2v) is 9.03. The van der Waals surface area contributed by atoms with Gasteiger partial charge < -0.3 is 14.8 Å². The molecule has 0 atom stereocenters. The Morgan fingerprint density at radius 2 is 1.63 bits per heavy atom. The Bertz CT molecular complexity index is 1260. The Morgan fingerprint density at radius 3 is 2.29 bits per heavy atom. The number of nitrogens with one attached hydrogen (secondary N) is 1. The van der Waals surface area contributed by atoms with Crippen LogP contribution < -0.4 is 19.7 Å². The molecule has 3 aromatic rings. The number of rotatable bonds is 8. The van der Waals surface area contributed by atoms with Crippen molar-refractivity contribution in [3.05, 3.63) is 89.1 Å². The maximum atomic E-state index is 13.2. The summed E-state index contributed by atoms with van der Waals surface area (Å²) in [5.41, 5.74) is 1.94. The molecular formula is C26H21FN2O4S2. The lowest BCUT2D eigenvalue weighted by atomic mass is 10.2. The number of ether oxygens (including phenoxy) is 2. The molecule has 0 saturated carbocycles. The Morgan fingerprint density at radius 1 is 1.00 bits per heavy atom. The van der Waals surface area contributed by atoms with Gasteiger partial charge in [-0.3, -0.25) is 14.5 Å². The van der Waals surface area contributed by atoms with E-state index in [1.807, 2.05) is 6.92 Å². The number of carbonyl (C=O) groups is 2. The third-order valence-corrected chi connectivity index (χ3v) is 6.18. The fraction of sp³-hybridized carbons (Fsp3) is 0.115. The summed E-state index contributed by atoms with van der Waals surface area (Å²) in [5.74, 6) is 0.314. The molecule has 3 aromatic carbocycles. The highest BCUT2D eigenvalue weighted by Crippen LogP contribution is 2.36. The summed E-state index contributed by atoms with van der Waals surface area (Å²) < 4.78 is 24.5. The maximum Gasteiger partial charge on any atom is 0.270 e. The average Bonchev–Trinajstić information content (AvgIpc) is 3.13. The van der Waals surface area contributed by atoms with Gasteiger partial charge in [0.15, 0.2) is 10.9 Å². The van der Waals surface area contributed by atoms with Crippen LogP contribution in [-0.2, 0) is 9.59 Å². The van der Waals surface area contributed by atoms with Crippen molar-refractivity contribution in [3.8, 4) is 11.5 Å². The summed E-state index contributed by atoms with van der Waals surface area (Å²) in [5, 5.41) is 2.76. The monoisotopic (exact) mass is 508 g/mol. The zero-order valence-corrected chi connectivity index (χ0v) is 20.3. The van der Waals surface area contributed by atoms with Crippen LogP contribution in [0.4, 0.5) is 15.8 Å². The minimum Gasteiger partial charge on any atom is -0.494 e. The van der Waals surface area contributed by atoms with E-state index in [0.29, 0.717) is 33.0 Å². The normalized spacial score (nSPS) is 14.3. The van der Waals surface area contributed by atoms with E-state index in [1.165, 1.54) is 40.9 Å². The van der Waals surface area contributed by atoms with Gasteiger partial charge in [-0.15, -0.1) is 0 Å². The first-order valence-electron chi connectivity index (χ1n) is 10.7. The fourth-order valence-electron chi connectivity index (χ4n) is 3.24. The highest BCUT2D eigenvalue weighted by Gasteiger charge is 2.33. The number of anilines is 2. The van der Waals surface area contributed by atoms with Gasteiger partial charge in [0, 0.05) is 5.69 Å². The molecule has 35 heavy (non-hydrogen) atoms. The van der Waals surface area contributed by atoms with Gasteiger partial charge in [0.2, 0.25) is 0 Å². The molecule has 1 aliphatic heterocycles.